The molecule has 0 fully saturated rings. The summed E-state index contributed by atoms with van der Waals surface area (Å²) in [6.07, 6.45) is 0.960. The molecule has 1 N–H and O–H groups in total. The van der Waals surface area contributed by atoms with E-state index in [0.717, 1.165) is 12.5 Å². The van der Waals surface area contributed by atoms with Crippen LogP contribution in [0.5, 0.6) is 0 Å². The topological polar surface area (TPSA) is 12.0 Å². The summed E-state index contributed by atoms with van der Waals surface area (Å²) in [5.74, 6) is -0.760. The predicted molar refractivity (Wildman–Crippen MR) is 57.7 cm³/mol. The van der Waals surface area contributed by atoms with Crippen LogP contribution in [0.4, 0.5) is 8.78 Å². The molecule has 0 aliphatic heterocycles. The summed E-state index contributed by atoms with van der Waals surface area (Å²) in [4.78, 5) is 0. The van der Waals surface area contributed by atoms with Crippen molar-refractivity contribution >= 4 is 0 Å². The minimum atomic E-state index is -0.399. The van der Waals surface area contributed by atoms with Gasteiger partial charge in [-0.1, -0.05) is 6.92 Å². The number of hydrogen-bond donors (Lipinski definition) is 1. The maximum absolute atomic E-state index is 13.4. The molecule has 0 unspecified atom stereocenters. The van der Waals surface area contributed by atoms with Crippen LogP contribution >= 0.6 is 0 Å². The molecule has 0 saturated carbocycles. The lowest BCUT2D eigenvalue weighted by Crippen LogP contribution is -2.28. The average Bonchev–Trinajstić information content (AvgIpc) is 2.21. The maximum Gasteiger partial charge on any atom is 0.128 e. The Morgan fingerprint density at radius 2 is 1.93 bits per heavy atom. The van der Waals surface area contributed by atoms with E-state index in [9.17, 15) is 8.78 Å². The zero-order valence-electron chi connectivity index (χ0n) is 9.35. The van der Waals surface area contributed by atoms with E-state index < -0.39 is 5.82 Å². The summed E-state index contributed by atoms with van der Waals surface area (Å²) in [5, 5.41) is 3.21. The number of hydrogen-bond acceptors (Lipinski definition) is 1. The van der Waals surface area contributed by atoms with Crippen molar-refractivity contribution in [3.05, 3.63) is 35.4 Å². The Bertz CT molecular complexity index is 325. The Morgan fingerprint density at radius 3 is 2.53 bits per heavy atom. The van der Waals surface area contributed by atoms with Gasteiger partial charge in [-0.05, 0) is 38.5 Å². The molecule has 1 rings (SSSR count). The fourth-order valence-electron chi connectivity index (χ4n) is 1.48. The molecular weight excluding hydrogens is 196 g/mol. The first-order valence-corrected chi connectivity index (χ1v) is 5.25. The largest absolute Gasteiger partial charge is 0.308 e. The molecule has 0 spiro atoms. The van der Waals surface area contributed by atoms with Gasteiger partial charge in [0.1, 0.15) is 11.6 Å². The Kier molecular flexibility index (Phi) is 4.21. The first kappa shape index (κ1) is 12.1. The lowest BCUT2D eigenvalue weighted by molar-refractivity contribution is 0.451. The van der Waals surface area contributed by atoms with E-state index in [0.29, 0.717) is 11.6 Å². The molecule has 0 bridgehead atoms. The number of benzene rings is 1. The number of nitrogens with one attached hydrogen (secondary N) is 1. The van der Waals surface area contributed by atoms with Gasteiger partial charge in [-0.15, -0.1) is 0 Å². The Morgan fingerprint density at radius 1 is 1.27 bits per heavy atom. The monoisotopic (exact) mass is 213 g/mol. The van der Waals surface area contributed by atoms with Crippen molar-refractivity contribution in [1.82, 2.24) is 5.32 Å². The van der Waals surface area contributed by atoms with E-state index in [1.807, 2.05) is 20.8 Å². The van der Waals surface area contributed by atoms with E-state index in [4.69, 9.17) is 0 Å². The summed E-state index contributed by atoms with van der Waals surface area (Å²) in [6.45, 7) is 5.91. The molecule has 1 aromatic rings. The Labute approximate surface area is 89.5 Å². The molecule has 0 amide bonds. The summed E-state index contributed by atoms with van der Waals surface area (Å²) in [6, 6.07) is 3.67. The highest BCUT2D eigenvalue weighted by atomic mass is 19.1. The van der Waals surface area contributed by atoms with Crippen molar-refractivity contribution in [3.63, 3.8) is 0 Å². The van der Waals surface area contributed by atoms with Gasteiger partial charge in [-0.2, -0.15) is 0 Å². The van der Waals surface area contributed by atoms with Crippen LogP contribution < -0.4 is 5.32 Å². The molecule has 0 aliphatic rings. The van der Waals surface area contributed by atoms with Gasteiger partial charge in [0, 0.05) is 17.6 Å². The van der Waals surface area contributed by atoms with Crippen molar-refractivity contribution < 1.29 is 8.78 Å². The fourth-order valence-corrected chi connectivity index (χ4v) is 1.48. The molecule has 0 aliphatic carbocycles. The lowest BCUT2D eigenvalue weighted by atomic mass is 10.1. The summed E-state index contributed by atoms with van der Waals surface area (Å²) >= 11 is 0. The van der Waals surface area contributed by atoms with E-state index in [-0.39, 0.29) is 11.9 Å². The van der Waals surface area contributed by atoms with Gasteiger partial charge in [0.25, 0.3) is 0 Å². The molecule has 2 atom stereocenters. The Hall–Kier alpha value is -0.960. The Balaban J connectivity index is 2.80. The van der Waals surface area contributed by atoms with Gasteiger partial charge in [-0.25, -0.2) is 8.78 Å². The van der Waals surface area contributed by atoms with Crippen molar-refractivity contribution in [2.75, 3.05) is 0 Å². The molecule has 1 nitrogen and oxygen atoms in total. The van der Waals surface area contributed by atoms with Gasteiger partial charge < -0.3 is 5.32 Å². The SMILES string of the molecule is CC[C@H](C)N[C@@H](C)c1cc(F)ccc1F. The van der Waals surface area contributed by atoms with E-state index >= 15 is 0 Å². The third kappa shape index (κ3) is 3.27. The van der Waals surface area contributed by atoms with Crippen LogP contribution in [0.25, 0.3) is 0 Å². The fraction of sp³-hybridized carbons (Fsp3) is 0.500. The molecule has 3 heteroatoms. The predicted octanol–water partition coefficient (Wildman–Crippen LogP) is 3.41. The molecule has 0 radical (unpaired) electrons. The second-order valence-electron chi connectivity index (χ2n) is 3.86. The van der Waals surface area contributed by atoms with Gasteiger partial charge in [0.15, 0.2) is 0 Å². The summed E-state index contributed by atoms with van der Waals surface area (Å²) < 4.78 is 26.3. The highest BCUT2D eigenvalue weighted by Gasteiger charge is 2.13. The zero-order chi connectivity index (χ0) is 11.4. The first-order chi connectivity index (χ1) is 7.04. The zero-order valence-corrected chi connectivity index (χ0v) is 9.35. The standard InChI is InChI=1S/C12H17F2N/c1-4-8(2)15-9(3)11-7-10(13)5-6-12(11)14/h5-9,15H,4H2,1-3H3/t8-,9-/m0/s1. The minimum Gasteiger partial charge on any atom is -0.308 e. The highest BCUT2D eigenvalue weighted by Crippen LogP contribution is 2.18. The van der Waals surface area contributed by atoms with Crippen molar-refractivity contribution in [3.8, 4) is 0 Å². The maximum atomic E-state index is 13.4. The lowest BCUT2D eigenvalue weighted by Gasteiger charge is -2.19. The van der Waals surface area contributed by atoms with Crippen molar-refractivity contribution in [2.24, 2.45) is 0 Å². The molecular formula is C12H17F2N. The van der Waals surface area contributed by atoms with Crippen LogP contribution in [0.2, 0.25) is 0 Å². The average molecular weight is 213 g/mol. The highest BCUT2D eigenvalue weighted by molar-refractivity contribution is 5.21. The van der Waals surface area contributed by atoms with Gasteiger partial charge in [-0.3, -0.25) is 0 Å². The van der Waals surface area contributed by atoms with E-state index in [2.05, 4.69) is 5.32 Å². The van der Waals surface area contributed by atoms with Crippen LogP contribution in [0.3, 0.4) is 0 Å². The summed E-state index contributed by atoms with van der Waals surface area (Å²) in [7, 11) is 0. The van der Waals surface area contributed by atoms with Crippen LogP contribution in [0, 0.1) is 11.6 Å². The molecule has 0 saturated heterocycles. The molecule has 15 heavy (non-hydrogen) atoms. The summed E-state index contributed by atoms with van der Waals surface area (Å²) in [5.41, 5.74) is 0.385. The third-order valence-corrected chi connectivity index (χ3v) is 2.57. The van der Waals surface area contributed by atoms with Crippen LogP contribution in [0.15, 0.2) is 18.2 Å². The molecule has 0 heterocycles. The molecule has 84 valence electrons. The van der Waals surface area contributed by atoms with E-state index in [1.165, 1.54) is 12.1 Å². The number of halogens is 2. The van der Waals surface area contributed by atoms with Crippen LogP contribution in [0.1, 0.15) is 38.8 Å². The van der Waals surface area contributed by atoms with Crippen molar-refractivity contribution in [1.29, 1.82) is 0 Å². The quantitative estimate of drug-likeness (QED) is 0.808. The van der Waals surface area contributed by atoms with E-state index in [1.54, 1.807) is 0 Å². The van der Waals surface area contributed by atoms with Crippen LogP contribution in [-0.2, 0) is 0 Å². The smallest absolute Gasteiger partial charge is 0.128 e. The van der Waals surface area contributed by atoms with Crippen LogP contribution in [-0.4, -0.2) is 6.04 Å². The molecule has 0 aromatic heterocycles. The second-order valence-corrected chi connectivity index (χ2v) is 3.86. The second kappa shape index (κ2) is 5.21. The first-order valence-electron chi connectivity index (χ1n) is 5.25. The third-order valence-electron chi connectivity index (χ3n) is 2.57. The number of rotatable bonds is 4. The van der Waals surface area contributed by atoms with Gasteiger partial charge in [0.05, 0.1) is 0 Å². The van der Waals surface area contributed by atoms with Crippen molar-refractivity contribution in [2.45, 2.75) is 39.3 Å². The van der Waals surface area contributed by atoms with Gasteiger partial charge >= 0.3 is 0 Å². The minimum absolute atomic E-state index is 0.171. The normalized spacial score (nSPS) is 15.0. The van der Waals surface area contributed by atoms with Gasteiger partial charge in [0.2, 0.25) is 0 Å². The molecule has 1 aromatic carbocycles.